The molecule has 0 aliphatic heterocycles. The number of non-ortho nitro benzene ring substituents is 2. The van der Waals surface area contributed by atoms with Gasteiger partial charge in [-0.15, -0.1) is 0 Å². The molecule has 0 radical (unpaired) electrons. The smallest absolute Gasteiger partial charge is 0.337 e. The van der Waals surface area contributed by atoms with E-state index in [1.54, 1.807) is 0 Å². The SMILES string of the molecule is COC(=O)c1ccc(Oc2cc([N+](=O)[O-])cc([N+](=O)[O-])c2)cc1. The monoisotopic (exact) mass is 318 g/mol. The van der Waals surface area contributed by atoms with E-state index in [1.807, 2.05) is 0 Å². The molecule has 0 aromatic heterocycles. The molecule has 0 heterocycles. The van der Waals surface area contributed by atoms with Crippen molar-refractivity contribution < 1.29 is 24.1 Å². The minimum absolute atomic E-state index is 0.0586. The van der Waals surface area contributed by atoms with Gasteiger partial charge >= 0.3 is 5.97 Å². The Balaban J connectivity index is 2.30. The lowest BCUT2D eigenvalue weighted by atomic mass is 10.2. The van der Waals surface area contributed by atoms with Gasteiger partial charge in [-0.3, -0.25) is 20.2 Å². The predicted molar refractivity (Wildman–Crippen MR) is 77.6 cm³/mol. The van der Waals surface area contributed by atoms with Gasteiger partial charge in [-0.25, -0.2) is 4.79 Å². The lowest BCUT2D eigenvalue weighted by Crippen LogP contribution is -2.00. The summed E-state index contributed by atoms with van der Waals surface area (Å²) in [4.78, 5) is 31.4. The maximum atomic E-state index is 11.3. The second kappa shape index (κ2) is 6.52. The average Bonchev–Trinajstić information content (AvgIpc) is 2.54. The third-order valence-electron chi connectivity index (χ3n) is 2.81. The molecule has 0 amide bonds. The highest BCUT2D eigenvalue weighted by molar-refractivity contribution is 5.89. The fourth-order valence-electron chi connectivity index (χ4n) is 1.75. The molecule has 0 spiro atoms. The second-order valence-corrected chi connectivity index (χ2v) is 4.32. The van der Waals surface area contributed by atoms with Gasteiger partial charge in [0, 0.05) is 0 Å². The number of nitro benzene ring substituents is 2. The first-order valence-corrected chi connectivity index (χ1v) is 6.21. The van der Waals surface area contributed by atoms with Crippen LogP contribution in [0.15, 0.2) is 42.5 Å². The summed E-state index contributed by atoms with van der Waals surface area (Å²) < 4.78 is 9.92. The number of nitro groups is 2. The Hall–Kier alpha value is -3.49. The molecule has 2 rings (SSSR count). The largest absolute Gasteiger partial charge is 0.465 e. The van der Waals surface area contributed by atoms with Crippen molar-refractivity contribution in [2.24, 2.45) is 0 Å². The van der Waals surface area contributed by atoms with Crippen LogP contribution in [0.5, 0.6) is 11.5 Å². The van der Waals surface area contributed by atoms with Gasteiger partial charge in [0.15, 0.2) is 0 Å². The summed E-state index contributed by atoms with van der Waals surface area (Å²) >= 11 is 0. The molecule has 23 heavy (non-hydrogen) atoms. The maximum Gasteiger partial charge on any atom is 0.337 e. The van der Waals surface area contributed by atoms with Crippen molar-refractivity contribution in [2.75, 3.05) is 7.11 Å². The van der Waals surface area contributed by atoms with Crippen LogP contribution < -0.4 is 4.74 Å². The molecule has 2 aromatic rings. The van der Waals surface area contributed by atoms with Gasteiger partial charge in [-0.1, -0.05) is 0 Å². The van der Waals surface area contributed by atoms with Crippen molar-refractivity contribution in [3.8, 4) is 11.5 Å². The van der Waals surface area contributed by atoms with E-state index >= 15 is 0 Å². The van der Waals surface area contributed by atoms with E-state index in [0.29, 0.717) is 5.56 Å². The zero-order valence-electron chi connectivity index (χ0n) is 11.8. The molecule has 0 atom stereocenters. The van der Waals surface area contributed by atoms with Crippen molar-refractivity contribution >= 4 is 17.3 Å². The summed E-state index contributed by atoms with van der Waals surface area (Å²) in [5.74, 6) is -0.327. The van der Waals surface area contributed by atoms with E-state index in [9.17, 15) is 25.0 Å². The summed E-state index contributed by atoms with van der Waals surface area (Å²) in [5, 5.41) is 21.6. The first-order valence-electron chi connectivity index (χ1n) is 6.21. The fraction of sp³-hybridized carbons (Fsp3) is 0.0714. The van der Waals surface area contributed by atoms with E-state index in [-0.39, 0.29) is 11.5 Å². The maximum absolute atomic E-state index is 11.3. The van der Waals surface area contributed by atoms with Crippen LogP contribution in [0.3, 0.4) is 0 Å². The Morgan fingerprint density at radius 1 is 0.913 bits per heavy atom. The molecule has 0 unspecified atom stereocenters. The number of carbonyl (C=O) groups excluding carboxylic acids is 1. The molecule has 0 fully saturated rings. The molecule has 0 bridgehead atoms. The average molecular weight is 318 g/mol. The van der Waals surface area contributed by atoms with Crippen LogP contribution in [-0.2, 0) is 4.74 Å². The van der Waals surface area contributed by atoms with Gasteiger partial charge in [-0.2, -0.15) is 0 Å². The Bertz CT molecular complexity index is 739. The molecular weight excluding hydrogens is 308 g/mol. The quantitative estimate of drug-likeness (QED) is 0.471. The van der Waals surface area contributed by atoms with Crippen molar-refractivity contribution in [1.82, 2.24) is 0 Å². The van der Waals surface area contributed by atoms with Crippen LogP contribution >= 0.6 is 0 Å². The standard InChI is InChI=1S/C14H10N2O7/c1-22-14(17)9-2-4-12(5-3-9)23-13-7-10(15(18)19)6-11(8-13)16(20)21/h2-8H,1H3. The number of rotatable bonds is 5. The highest BCUT2D eigenvalue weighted by Gasteiger charge is 2.17. The van der Waals surface area contributed by atoms with Crippen LogP contribution in [0.25, 0.3) is 0 Å². The van der Waals surface area contributed by atoms with Crippen LogP contribution in [0.1, 0.15) is 10.4 Å². The third-order valence-corrected chi connectivity index (χ3v) is 2.81. The third kappa shape index (κ3) is 3.79. The molecule has 9 heteroatoms. The van der Waals surface area contributed by atoms with E-state index in [4.69, 9.17) is 4.74 Å². The van der Waals surface area contributed by atoms with Gasteiger partial charge in [0.05, 0.1) is 40.7 Å². The Morgan fingerprint density at radius 2 is 1.43 bits per heavy atom. The number of hydrogen-bond donors (Lipinski definition) is 0. The van der Waals surface area contributed by atoms with Gasteiger partial charge in [-0.05, 0) is 24.3 Å². The summed E-state index contributed by atoms with van der Waals surface area (Å²) in [5.41, 5.74) is -0.620. The minimum atomic E-state index is -0.750. The van der Waals surface area contributed by atoms with E-state index in [2.05, 4.69) is 4.74 Å². The molecule has 9 nitrogen and oxygen atoms in total. The summed E-state index contributed by atoms with van der Waals surface area (Å²) in [7, 11) is 1.25. The minimum Gasteiger partial charge on any atom is -0.465 e. The number of hydrogen-bond acceptors (Lipinski definition) is 7. The molecule has 0 aliphatic rings. The molecule has 0 aliphatic carbocycles. The Morgan fingerprint density at radius 3 is 1.87 bits per heavy atom. The molecule has 2 aromatic carbocycles. The molecule has 118 valence electrons. The van der Waals surface area contributed by atoms with Gasteiger partial charge < -0.3 is 9.47 Å². The lowest BCUT2D eigenvalue weighted by Gasteiger charge is -2.06. The zero-order chi connectivity index (χ0) is 17.0. The summed E-state index contributed by atoms with van der Waals surface area (Å²) in [6, 6.07) is 8.74. The van der Waals surface area contributed by atoms with Crippen molar-refractivity contribution in [1.29, 1.82) is 0 Å². The van der Waals surface area contributed by atoms with Gasteiger partial charge in [0.1, 0.15) is 11.5 Å². The number of nitrogens with zero attached hydrogens (tertiary/aromatic N) is 2. The first-order chi connectivity index (χ1) is 10.9. The molecule has 0 saturated heterocycles. The molecule has 0 N–H and O–H groups in total. The highest BCUT2D eigenvalue weighted by atomic mass is 16.6. The van der Waals surface area contributed by atoms with Crippen molar-refractivity contribution in [3.63, 3.8) is 0 Å². The van der Waals surface area contributed by atoms with Crippen LogP contribution in [-0.4, -0.2) is 22.9 Å². The summed E-state index contributed by atoms with van der Waals surface area (Å²) in [6.45, 7) is 0. The second-order valence-electron chi connectivity index (χ2n) is 4.32. The van der Waals surface area contributed by atoms with Gasteiger partial charge in [0.2, 0.25) is 0 Å². The van der Waals surface area contributed by atoms with E-state index in [1.165, 1.54) is 31.4 Å². The fourth-order valence-corrected chi connectivity index (χ4v) is 1.75. The van der Waals surface area contributed by atoms with Gasteiger partial charge in [0.25, 0.3) is 11.4 Å². The van der Waals surface area contributed by atoms with Crippen LogP contribution in [0, 0.1) is 20.2 Å². The van der Waals surface area contributed by atoms with Crippen LogP contribution in [0.4, 0.5) is 11.4 Å². The highest BCUT2D eigenvalue weighted by Crippen LogP contribution is 2.30. The van der Waals surface area contributed by atoms with Crippen LogP contribution in [0.2, 0.25) is 0 Å². The Kier molecular flexibility index (Phi) is 4.50. The number of benzene rings is 2. The Labute approximate surface area is 129 Å². The lowest BCUT2D eigenvalue weighted by molar-refractivity contribution is -0.394. The topological polar surface area (TPSA) is 122 Å². The molecular formula is C14H10N2O7. The van der Waals surface area contributed by atoms with Crippen molar-refractivity contribution in [3.05, 3.63) is 68.3 Å². The van der Waals surface area contributed by atoms with E-state index in [0.717, 1.165) is 18.2 Å². The normalized spacial score (nSPS) is 9.96. The summed E-state index contributed by atoms with van der Waals surface area (Å²) in [6.07, 6.45) is 0. The number of ether oxygens (including phenoxy) is 2. The first kappa shape index (κ1) is 15.9. The molecule has 0 saturated carbocycles. The number of carbonyl (C=O) groups is 1. The predicted octanol–water partition coefficient (Wildman–Crippen LogP) is 3.08. The van der Waals surface area contributed by atoms with E-state index < -0.39 is 27.2 Å². The zero-order valence-corrected chi connectivity index (χ0v) is 11.8. The van der Waals surface area contributed by atoms with Crippen molar-refractivity contribution in [2.45, 2.75) is 0 Å². The number of methoxy groups -OCH3 is 1. The number of esters is 1.